The Morgan fingerprint density at radius 3 is 2.83 bits per heavy atom. The fraction of sp³-hybridized carbons (Fsp3) is 0.0909. The standard InChI is InChI=1S/C11H10N6S/c1-6-9(14-3-2-13-6)8-5-18-11(16-8)7-4-15-17-10(7)12/h2-5H,1H3,(H3,12,15,17). The monoisotopic (exact) mass is 258 g/mol. The molecule has 0 aliphatic heterocycles. The van der Waals surface area contributed by atoms with E-state index in [1.165, 1.54) is 11.3 Å². The molecule has 0 unspecified atom stereocenters. The number of aryl methyl sites for hydroxylation is 1. The smallest absolute Gasteiger partial charge is 0.129 e. The molecule has 0 aliphatic rings. The van der Waals surface area contributed by atoms with Crippen LogP contribution in [0.15, 0.2) is 24.0 Å². The Hall–Kier alpha value is -2.28. The van der Waals surface area contributed by atoms with E-state index in [0.29, 0.717) is 5.82 Å². The van der Waals surface area contributed by atoms with E-state index in [1.807, 2.05) is 12.3 Å². The summed E-state index contributed by atoms with van der Waals surface area (Å²) in [6.07, 6.45) is 5.00. The predicted molar refractivity (Wildman–Crippen MR) is 69.9 cm³/mol. The van der Waals surface area contributed by atoms with Gasteiger partial charge in [0, 0.05) is 17.8 Å². The van der Waals surface area contributed by atoms with Crippen LogP contribution < -0.4 is 5.73 Å². The van der Waals surface area contributed by atoms with Gasteiger partial charge in [0.25, 0.3) is 0 Å². The maximum absolute atomic E-state index is 5.77. The number of rotatable bonds is 2. The lowest BCUT2D eigenvalue weighted by molar-refractivity contribution is 1.10. The first kappa shape index (κ1) is 10.8. The van der Waals surface area contributed by atoms with Gasteiger partial charge in [-0.1, -0.05) is 0 Å². The number of thiazole rings is 1. The molecule has 0 radical (unpaired) electrons. The highest BCUT2D eigenvalue weighted by Crippen LogP contribution is 2.30. The second-order valence-electron chi connectivity index (χ2n) is 3.73. The lowest BCUT2D eigenvalue weighted by Gasteiger charge is -1.98. The molecule has 7 heteroatoms. The van der Waals surface area contributed by atoms with Crippen molar-refractivity contribution in [3.05, 3.63) is 29.7 Å². The van der Waals surface area contributed by atoms with E-state index in [4.69, 9.17) is 5.73 Å². The summed E-state index contributed by atoms with van der Waals surface area (Å²) in [7, 11) is 0. The van der Waals surface area contributed by atoms with E-state index in [0.717, 1.165) is 27.7 Å². The maximum Gasteiger partial charge on any atom is 0.129 e. The van der Waals surface area contributed by atoms with Gasteiger partial charge in [0.2, 0.25) is 0 Å². The number of nitrogens with two attached hydrogens (primary N) is 1. The van der Waals surface area contributed by atoms with Gasteiger partial charge >= 0.3 is 0 Å². The van der Waals surface area contributed by atoms with Gasteiger partial charge in [0.1, 0.15) is 22.2 Å². The highest BCUT2D eigenvalue weighted by Gasteiger charge is 2.12. The highest BCUT2D eigenvalue weighted by atomic mass is 32.1. The van der Waals surface area contributed by atoms with Gasteiger partial charge in [-0.2, -0.15) is 5.10 Å². The molecule has 3 heterocycles. The zero-order valence-electron chi connectivity index (χ0n) is 9.58. The summed E-state index contributed by atoms with van der Waals surface area (Å²) in [5.41, 5.74) is 9.04. The molecule has 90 valence electrons. The first-order chi connectivity index (χ1) is 8.75. The Kier molecular flexibility index (Phi) is 2.52. The van der Waals surface area contributed by atoms with Crippen molar-refractivity contribution in [2.45, 2.75) is 6.92 Å². The van der Waals surface area contributed by atoms with E-state index in [2.05, 4.69) is 25.1 Å². The minimum Gasteiger partial charge on any atom is -0.383 e. The molecule has 3 N–H and O–H groups in total. The van der Waals surface area contributed by atoms with Crippen molar-refractivity contribution in [2.75, 3.05) is 5.73 Å². The number of aromatic nitrogens is 5. The third-order valence-electron chi connectivity index (χ3n) is 2.53. The van der Waals surface area contributed by atoms with Gasteiger partial charge in [-0.25, -0.2) is 4.98 Å². The van der Waals surface area contributed by atoms with Crippen LogP contribution in [0.5, 0.6) is 0 Å². The molecule has 0 fully saturated rings. The Morgan fingerprint density at radius 2 is 2.11 bits per heavy atom. The predicted octanol–water partition coefficient (Wildman–Crippen LogP) is 1.88. The summed E-state index contributed by atoms with van der Waals surface area (Å²) < 4.78 is 0. The first-order valence-electron chi connectivity index (χ1n) is 5.28. The number of nitrogens with one attached hydrogen (secondary N) is 1. The van der Waals surface area contributed by atoms with Crippen LogP contribution in [0.25, 0.3) is 22.0 Å². The molecular formula is C11H10N6S. The number of nitrogen functional groups attached to an aromatic ring is 1. The van der Waals surface area contributed by atoms with E-state index in [1.54, 1.807) is 18.6 Å². The molecule has 0 saturated carbocycles. The Bertz CT molecular complexity index is 686. The molecule has 3 rings (SSSR count). The van der Waals surface area contributed by atoms with Crippen LogP contribution in [0.3, 0.4) is 0 Å². The molecule has 0 aliphatic carbocycles. The van der Waals surface area contributed by atoms with Gasteiger partial charge in [0.05, 0.1) is 17.5 Å². The average Bonchev–Trinajstić information content (AvgIpc) is 2.98. The third-order valence-corrected chi connectivity index (χ3v) is 3.40. The molecule has 0 bridgehead atoms. The lowest BCUT2D eigenvalue weighted by atomic mass is 10.2. The van der Waals surface area contributed by atoms with Crippen molar-refractivity contribution < 1.29 is 0 Å². The zero-order valence-corrected chi connectivity index (χ0v) is 10.4. The lowest BCUT2D eigenvalue weighted by Crippen LogP contribution is -1.91. The second-order valence-corrected chi connectivity index (χ2v) is 4.58. The molecule has 6 nitrogen and oxygen atoms in total. The van der Waals surface area contributed by atoms with Crippen LogP contribution in [0.4, 0.5) is 5.82 Å². The van der Waals surface area contributed by atoms with Crippen LogP contribution in [-0.2, 0) is 0 Å². The Morgan fingerprint density at radius 1 is 1.28 bits per heavy atom. The maximum atomic E-state index is 5.77. The molecule has 0 aromatic carbocycles. The Balaban J connectivity index is 2.05. The van der Waals surface area contributed by atoms with Crippen LogP contribution in [-0.4, -0.2) is 25.1 Å². The van der Waals surface area contributed by atoms with Crippen LogP contribution in [0.2, 0.25) is 0 Å². The minimum absolute atomic E-state index is 0.520. The largest absolute Gasteiger partial charge is 0.383 e. The van der Waals surface area contributed by atoms with Crippen molar-refractivity contribution >= 4 is 17.2 Å². The van der Waals surface area contributed by atoms with Crippen molar-refractivity contribution in [3.8, 4) is 22.0 Å². The highest BCUT2D eigenvalue weighted by molar-refractivity contribution is 7.13. The summed E-state index contributed by atoms with van der Waals surface area (Å²) in [5.74, 6) is 0.520. The summed E-state index contributed by atoms with van der Waals surface area (Å²) in [6.45, 7) is 1.91. The topological polar surface area (TPSA) is 93.4 Å². The third kappa shape index (κ3) is 1.74. The van der Waals surface area contributed by atoms with Crippen LogP contribution >= 0.6 is 11.3 Å². The van der Waals surface area contributed by atoms with Crippen molar-refractivity contribution in [1.82, 2.24) is 25.1 Å². The number of hydrogen-bond donors (Lipinski definition) is 2. The fourth-order valence-electron chi connectivity index (χ4n) is 1.63. The summed E-state index contributed by atoms with van der Waals surface area (Å²) in [5, 5.41) is 9.34. The Labute approximate surface area is 107 Å². The molecule has 0 atom stereocenters. The van der Waals surface area contributed by atoms with Crippen molar-refractivity contribution in [1.29, 1.82) is 0 Å². The van der Waals surface area contributed by atoms with Gasteiger partial charge < -0.3 is 5.73 Å². The SMILES string of the molecule is Cc1nccnc1-c1csc(-c2cn[nH]c2N)n1. The molecule has 0 amide bonds. The molecule has 3 aromatic rings. The summed E-state index contributed by atoms with van der Waals surface area (Å²) >= 11 is 1.51. The molecule has 3 aromatic heterocycles. The molecule has 18 heavy (non-hydrogen) atoms. The molecule has 0 saturated heterocycles. The summed E-state index contributed by atoms with van der Waals surface area (Å²) in [4.78, 5) is 13.0. The van der Waals surface area contributed by atoms with E-state index in [9.17, 15) is 0 Å². The second kappa shape index (κ2) is 4.19. The fourth-order valence-corrected chi connectivity index (χ4v) is 2.46. The minimum atomic E-state index is 0.520. The van der Waals surface area contributed by atoms with Crippen LogP contribution in [0.1, 0.15) is 5.69 Å². The first-order valence-corrected chi connectivity index (χ1v) is 6.16. The number of hydrogen-bond acceptors (Lipinski definition) is 6. The van der Waals surface area contributed by atoms with E-state index >= 15 is 0 Å². The number of aromatic amines is 1. The zero-order chi connectivity index (χ0) is 12.5. The normalized spacial score (nSPS) is 10.7. The van der Waals surface area contributed by atoms with E-state index in [-0.39, 0.29) is 0 Å². The van der Waals surface area contributed by atoms with Gasteiger partial charge in [-0.05, 0) is 6.92 Å². The number of anilines is 1. The van der Waals surface area contributed by atoms with Gasteiger partial charge in [-0.3, -0.25) is 15.1 Å². The molecular weight excluding hydrogens is 248 g/mol. The van der Waals surface area contributed by atoms with E-state index < -0.39 is 0 Å². The van der Waals surface area contributed by atoms with Crippen LogP contribution in [0, 0.1) is 6.92 Å². The number of H-pyrrole nitrogens is 1. The number of nitrogens with zero attached hydrogens (tertiary/aromatic N) is 4. The van der Waals surface area contributed by atoms with Crippen molar-refractivity contribution in [2.24, 2.45) is 0 Å². The van der Waals surface area contributed by atoms with Crippen molar-refractivity contribution in [3.63, 3.8) is 0 Å². The quantitative estimate of drug-likeness (QED) is 0.732. The molecule has 0 spiro atoms. The summed E-state index contributed by atoms with van der Waals surface area (Å²) in [6, 6.07) is 0. The van der Waals surface area contributed by atoms with Gasteiger partial charge in [0.15, 0.2) is 0 Å². The van der Waals surface area contributed by atoms with Gasteiger partial charge in [-0.15, -0.1) is 11.3 Å². The average molecular weight is 258 g/mol.